The van der Waals surface area contributed by atoms with Crippen molar-refractivity contribution < 1.29 is 4.79 Å². The Balaban J connectivity index is 1.80. The largest absolute Gasteiger partial charge is 0.342 e. The van der Waals surface area contributed by atoms with Crippen LogP contribution < -0.4 is 0 Å². The van der Waals surface area contributed by atoms with Crippen LogP contribution in [0.25, 0.3) is 5.69 Å². The van der Waals surface area contributed by atoms with Gasteiger partial charge in [0.1, 0.15) is 0 Å². The van der Waals surface area contributed by atoms with E-state index in [0.717, 1.165) is 42.6 Å². The van der Waals surface area contributed by atoms with Crippen molar-refractivity contribution in [2.24, 2.45) is 5.92 Å². The summed E-state index contributed by atoms with van der Waals surface area (Å²) in [6.07, 6.45) is 2.17. The molecule has 152 valence electrons. The molecule has 1 aliphatic rings. The summed E-state index contributed by atoms with van der Waals surface area (Å²) in [5.41, 5.74) is 0.944. The molecule has 6 nitrogen and oxygen atoms in total. The number of rotatable bonds is 6. The summed E-state index contributed by atoms with van der Waals surface area (Å²) in [6, 6.07) is 7.70. The van der Waals surface area contributed by atoms with Gasteiger partial charge in [0.2, 0.25) is 5.91 Å². The van der Waals surface area contributed by atoms with E-state index in [4.69, 9.17) is 11.6 Å². The normalized spacial score (nSPS) is 16.6. The minimum Gasteiger partial charge on any atom is -0.342 e. The van der Waals surface area contributed by atoms with E-state index in [1.54, 1.807) is 0 Å². The number of piperidine rings is 1. The van der Waals surface area contributed by atoms with Crippen LogP contribution in [0.5, 0.6) is 0 Å². The molecule has 0 aliphatic carbocycles. The summed E-state index contributed by atoms with van der Waals surface area (Å²) in [6.45, 7) is 6.05. The van der Waals surface area contributed by atoms with Gasteiger partial charge in [0, 0.05) is 23.8 Å². The molecule has 2 aromatic rings. The van der Waals surface area contributed by atoms with Crippen LogP contribution >= 0.6 is 23.4 Å². The molecule has 8 heteroatoms. The third-order valence-electron chi connectivity index (χ3n) is 5.35. The lowest BCUT2D eigenvalue weighted by atomic mass is 9.99. The first-order valence-electron chi connectivity index (χ1n) is 9.65. The number of carbonyl (C=O) groups excluding carboxylic acids is 1. The number of nitrogens with zero attached hydrogens (tertiary/aromatic N) is 5. The number of aromatic nitrogens is 3. The number of amides is 1. The molecule has 0 saturated carbocycles. The van der Waals surface area contributed by atoms with E-state index < -0.39 is 0 Å². The van der Waals surface area contributed by atoms with E-state index in [9.17, 15) is 4.79 Å². The molecule has 0 unspecified atom stereocenters. The fourth-order valence-corrected chi connectivity index (χ4v) is 4.17. The average molecular weight is 422 g/mol. The molecule has 2 heterocycles. The third kappa shape index (κ3) is 4.88. The van der Waals surface area contributed by atoms with E-state index in [-0.39, 0.29) is 11.9 Å². The van der Waals surface area contributed by atoms with Crippen LogP contribution in [-0.4, -0.2) is 63.4 Å². The van der Waals surface area contributed by atoms with Gasteiger partial charge in [-0.3, -0.25) is 14.3 Å². The number of thioether (sulfide) groups is 1. The van der Waals surface area contributed by atoms with Gasteiger partial charge in [-0.15, -0.1) is 10.2 Å². The molecule has 1 aromatic heterocycles. The average Bonchev–Trinajstić information content (AvgIpc) is 3.10. The zero-order chi connectivity index (χ0) is 20.3. The standard InChI is InChI=1S/C20H28ClN5OS/c1-14-9-11-25(12-10-14)18(27)13-28-20-23-22-19(15(2)24(3)4)26(20)17-7-5-16(21)6-8-17/h5-8,14-15H,9-13H2,1-4H3/t15-/m0/s1. The Morgan fingerprint density at radius 1 is 1.25 bits per heavy atom. The van der Waals surface area contributed by atoms with Crippen molar-refractivity contribution in [1.29, 1.82) is 0 Å². The number of halogens is 1. The van der Waals surface area contributed by atoms with Gasteiger partial charge in [0.15, 0.2) is 11.0 Å². The van der Waals surface area contributed by atoms with Crippen molar-refractivity contribution in [3.05, 3.63) is 35.1 Å². The predicted molar refractivity (Wildman–Crippen MR) is 114 cm³/mol. The van der Waals surface area contributed by atoms with Crippen molar-refractivity contribution >= 4 is 29.3 Å². The molecule has 1 amide bonds. The van der Waals surface area contributed by atoms with Crippen LogP contribution in [0.1, 0.15) is 38.6 Å². The number of hydrogen-bond donors (Lipinski definition) is 0. The van der Waals surface area contributed by atoms with E-state index >= 15 is 0 Å². The molecule has 28 heavy (non-hydrogen) atoms. The highest BCUT2D eigenvalue weighted by molar-refractivity contribution is 7.99. The maximum absolute atomic E-state index is 12.6. The van der Waals surface area contributed by atoms with Crippen molar-refractivity contribution in [3.8, 4) is 5.69 Å². The van der Waals surface area contributed by atoms with Gasteiger partial charge in [0.25, 0.3) is 0 Å². The Hall–Kier alpha value is -1.57. The van der Waals surface area contributed by atoms with Crippen molar-refractivity contribution in [1.82, 2.24) is 24.6 Å². The van der Waals surface area contributed by atoms with Gasteiger partial charge in [-0.1, -0.05) is 30.3 Å². The van der Waals surface area contributed by atoms with Gasteiger partial charge < -0.3 is 4.90 Å². The smallest absolute Gasteiger partial charge is 0.233 e. The van der Waals surface area contributed by atoms with Crippen LogP contribution in [0.3, 0.4) is 0 Å². The Bertz CT molecular complexity index is 799. The van der Waals surface area contributed by atoms with E-state index in [2.05, 4.69) is 28.9 Å². The lowest BCUT2D eigenvalue weighted by molar-refractivity contribution is -0.129. The Labute approximate surface area is 176 Å². The van der Waals surface area contributed by atoms with Gasteiger partial charge >= 0.3 is 0 Å². The molecule has 0 bridgehead atoms. The summed E-state index contributed by atoms with van der Waals surface area (Å²) in [5.74, 6) is 2.09. The summed E-state index contributed by atoms with van der Waals surface area (Å²) in [4.78, 5) is 16.7. The molecule has 1 aromatic carbocycles. The molecular formula is C20H28ClN5OS. The first-order valence-corrected chi connectivity index (χ1v) is 11.0. The Morgan fingerprint density at radius 3 is 2.50 bits per heavy atom. The van der Waals surface area contributed by atoms with Crippen LogP contribution in [-0.2, 0) is 4.79 Å². The van der Waals surface area contributed by atoms with Crippen LogP contribution in [0, 0.1) is 5.92 Å². The van der Waals surface area contributed by atoms with Crippen LogP contribution in [0.4, 0.5) is 0 Å². The fourth-order valence-electron chi connectivity index (χ4n) is 3.18. The van der Waals surface area contributed by atoms with E-state index in [1.807, 2.05) is 47.8 Å². The lowest BCUT2D eigenvalue weighted by Crippen LogP contribution is -2.38. The lowest BCUT2D eigenvalue weighted by Gasteiger charge is -2.30. The quantitative estimate of drug-likeness (QED) is 0.662. The monoisotopic (exact) mass is 421 g/mol. The van der Waals surface area contributed by atoms with Gasteiger partial charge in [-0.2, -0.15) is 0 Å². The van der Waals surface area contributed by atoms with Gasteiger partial charge in [0.05, 0.1) is 11.8 Å². The van der Waals surface area contributed by atoms with Crippen molar-refractivity contribution in [2.75, 3.05) is 32.9 Å². The zero-order valence-electron chi connectivity index (χ0n) is 16.9. The van der Waals surface area contributed by atoms with Crippen molar-refractivity contribution in [3.63, 3.8) is 0 Å². The van der Waals surface area contributed by atoms with Crippen molar-refractivity contribution in [2.45, 2.75) is 37.9 Å². The molecule has 0 radical (unpaired) electrons. The van der Waals surface area contributed by atoms with E-state index in [0.29, 0.717) is 16.7 Å². The number of benzene rings is 1. The molecule has 1 aliphatic heterocycles. The van der Waals surface area contributed by atoms with Crippen LogP contribution in [0.2, 0.25) is 5.02 Å². The Kier molecular flexibility index (Phi) is 7.01. The molecule has 0 N–H and O–H groups in total. The first kappa shape index (κ1) is 21.1. The van der Waals surface area contributed by atoms with E-state index in [1.165, 1.54) is 11.8 Å². The highest BCUT2D eigenvalue weighted by Gasteiger charge is 2.24. The number of hydrogen-bond acceptors (Lipinski definition) is 5. The molecule has 1 atom stereocenters. The number of likely N-dealkylation sites (tertiary alicyclic amines) is 1. The molecule has 1 fully saturated rings. The SMILES string of the molecule is CC1CCN(C(=O)CSc2nnc([C@H](C)N(C)C)n2-c2ccc(Cl)cc2)CC1. The molecule has 3 rings (SSSR count). The summed E-state index contributed by atoms with van der Waals surface area (Å²) < 4.78 is 2.03. The maximum atomic E-state index is 12.6. The minimum absolute atomic E-state index is 0.0804. The third-order valence-corrected chi connectivity index (χ3v) is 6.52. The highest BCUT2D eigenvalue weighted by Crippen LogP contribution is 2.28. The molecule has 1 saturated heterocycles. The van der Waals surface area contributed by atoms with Crippen LogP contribution in [0.15, 0.2) is 29.4 Å². The number of carbonyl (C=O) groups is 1. The maximum Gasteiger partial charge on any atom is 0.233 e. The summed E-state index contributed by atoms with van der Waals surface area (Å²) in [5, 5.41) is 10.2. The second-order valence-corrected chi connectivity index (χ2v) is 9.02. The minimum atomic E-state index is 0.0804. The second kappa shape index (κ2) is 9.29. The molecular weight excluding hydrogens is 394 g/mol. The predicted octanol–water partition coefficient (Wildman–Crippen LogP) is 3.89. The Morgan fingerprint density at radius 2 is 1.89 bits per heavy atom. The fraction of sp³-hybridized carbons (Fsp3) is 0.550. The topological polar surface area (TPSA) is 54.3 Å². The highest BCUT2D eigenvalue weighted by atomic mass is 35.5. The van der Waals surface area contributed by atoms with Gasteiger partial charge in [-0.05, 0) is 64.0 Å². The molecule has 0 spiro atoms. The summed E-state index contributed by atoms with van der Waals surface area (Å²) in [7, 11) is 4.03. The van der Waals surface area contributed by atoms with Gasteiger partial charge in [-0.25, -0.2) is 0 Å². The zero-order valence-corrected chi connectivity index (χ0v) is 18.5. The summed E-state index contributed by atoms with van der Waals surface area (Å²) >= 11 is 7.51. The second-order valence-electron chi connectivity index (χ2n) is 7.64. The first-order chi connectivity index (χ1) is 13.4.